The average molecular weight is 244 g/mol. The van der Waals surface area contributed by atoms with E-state index in [4.69, 9.17) is 16.9 Å². The van der Waals surface area contributed by atoms with Crippen LogP contribution in [0.4, 0.5) is 5.69 Å². The van der Waals surface area contributed by atoms with E-state index in [9.17, 15) is 0 Å². The van der Waals surface area contributed by atoms with E-state index in [0.29, 0.717) is 17.1 Å². The Morgan fingerprint density at radius 3 is 2.94 bits per heavy atom. The smallest absolute Gasteiger partial charge is 0.101 e. The van der Waals surface area contributed by atoms with Gasteiger partial charge in [-0.1, -0.05) is 17.7 Å². The molecule has 84 valence electrons. The van der Waals surface area contributed by atoms with Gasteiger partial charge in [-0.2, -0.15) is 5.26 Å². The zero-order chi connectivity index (χ0) is 12.1. The first-order chi connectivity index (χ1) is 8.29. The van der Waals surface area contributed by atoms with Gasteiger partial charge in [-0.05, 0) is 29.8 Å². The van der Waals surface area contributed by atoms with E-state index >= 15 is 0 Å². The number of hydrogen-bond acceptors (Lipinski definition) is 3. The highest BCUT2D eigenvalue weighted by Crippen LogP contribution is 2.20. The maximum absolute atomic E-state index is 8.98. The topological polar surface area (TPSA) is 48.7 Å². The Kier molecular flexibility index (Phi) is 3.59. The molecule has 0 saturated heterocycles. The van der Waals surface area contributed by atoms with Gasteiger partial charge >= 0.3 is 0 Å². The number of nitrogens with zero attached hydrogens (tertiary/aromatic N) is 2. The van der Waals surface area contributed by atoms with E-state index in [-0.39, 0.29) is 0 Å². The molecule has 0 atom stereocenters. The van der Waals surface area contributed by atoms with Crippen molar-refractivity contribution in [2.45, 2.75) is 6.54 Å². The molecule has 2 aromatic rings. The molecule has 0 aliphatic rings. The Bertz CT molecular complexity index is 546. The Morgan fingerprint density at radius 2 is 2.24 bits per heavy atom. The number of nitrogens with one attached hydrogen (secondary N) is 1. The largest absolute Gasteiger partial charge is 0.380 e. The molecule has 0 saturated carbocycles. The number of aromatic nitrogens is 1. The van der Waals surface area contributed by atoms with E-state index in [1.54, 1.807) is 30.6 Å². The van der Waals surface area contributed by atoms with E-state index in [1.807, 2.05) is 12.1 Å². The van der Waals surface area contributed by atoms with Crippen LogP contribution in [0.3, 0.4) is 0 Å². The summed E-state index contributed by atoms with van der Waals surface area (Å²) in [5.41, 5.74) is 2.38. The van der Waals surface area contributed by atoms with Gasteiger partial charge in [0.1, 0.15) is 6.07 Å². The summed E-state index contributed by atoms with van der Waals surface area (Å²) in [5, 5.41) is 12.7. The van der Waals surface area contributed by atoms with Crippen molar-refractivity contribution in [2.75, 3.05) is 5.32 Å². The average Bonchev–Trinajstić information content (AvgIpc) is 2.38. The van der Waals surface area contributed by atoms with E-state index in [2.05, 4.69) is 16.4 Å². The summed E-state index contributed by atoms with van der Waals surface area (Å²) in [6.45, 7) is 0.629. The van der Waals surface area contributed by atoms with Crippen LogP contribution in [0.5, 0.6) is 0 Å². The fourth-order valence-corrected chi connectivity index (χ4v) is 1.64. The van der Waals surface area contributed by atoms with Gasteiger partial charge < -0.3 is 5.32 Å². The number of halogens is 1. The molecule has 1 N–H and O–H groups in total. The normalized spacial score (nSPS) is 9.65. The van der Waals surface area contributed by atoms with Crippen molar-refractivity contribution < 1.29 is 0 Å². The lowest BCUT2D eigenvalue weighted by Crippen LogP contribution is -2.01. The number of pyridine rings is 1. The van der Waals surface area contributed by atoms with Crippen LogP contribution in [-0.2, 0) is 6.54 Å². The van der Waals surface area contributed by atoms with Crippen molar-refractivity contribution in [3.05, 3.63) is 58.9 Å². The van der Waals surface area contributed by atoms with Crippen LogP contribution < -0.4 is 5.32 Å². The molecule has 0 aliphatic carbocycles. The third-order valence-electron chi connectivity index (χ3n) is 2.31. The maximum atomic E-state index is 8.98. The van der Waals surface area contributed by atoms with Gasteiger partial charge in [0.15, 0.2) is 0 Å². The number of hydrogen-bond donors (Lipinski definition) is 1. The van der Waals surface area contributed by atoms with Crippen molar-refractivity contribution in [1.82, 2.24) is 4.98 Å². The second-order valence-corrected chi connectivity index (χ2v) is 3.95. The monoisotopic (exact) mass is 243 g/mol. The standard InChI is InChI=1S/C13H10ClN3/c14-12-3-4-13(11(6-12)7-15)17-9-10-2-1-5-16-8-10/h1-6,8,17H,9H2. The van der Waals surface area contributed by atoms with Crippen molar-refractivity contribution in [3.8, 4) is 6.07 Å². The zero-order valence-electron chi connectivity index (χ0n) is 9.02. The van der Waals surface area contributed by atoms with Gasteiger partial charge in [0.2, 0.25) is 0 Å². The summed E-state index contributed by atoms with van der Waals surface area (Å²) >= 11 is 5.82. The third kappa shape index (κ3) is 2.96. The summed E-state index contributed by atoms with van der Waals surface area (Å²) in [6.07, 6.45) is 3.52. The molecule has 0 fully saturated rings. The summed E-state index contributed by atoms with van der Waals surface area (Å²) in [4.78, 5) is 4.03. The molecule has 2 rings (SSSR count). The summed E-state index contributed by atoms with van der Waals surface area (Å²) in [6, 6.07) is 11.2. The number of benzene rings is 1. The molecular weight excluding hydrogens is 234 g/mol. The molecule has 0 amide bonds. The Morgan fingerprint density at radius 1 is 1.35 bits per heavy atom. The second-order valence-electron chi connectivity index (χ2n) is 3.52. The zero-order valence-corrected chi connectivity index (χ0v) is 9.78. The van der Waals surface area contributed by atoms with Gasteiger partial charge in [0.05, 0.1) is 11.3 Å². The molecule has 0 unspecified atom stereocenters. The van der Waals surface area contributed by atoms with Crippen LogP contribution >= 0.6 is 11.6 Å². The van der Waals surface area contributed by atoms with Gasteiger partial charge in [-0.25, -0.2) is 0 Å². The lowest BCUT2D eigenvalue weighted by atomic mass is 10.2. The number of nitriles is 1. The third-order valence-corrected chi connectivity index (χ3v) is 2.54. The molecule has 1 aromatic carbocycles. The highest BCUT2D eigenvalue weighted by Gasteiger charge is 2.02. The first kappa shape index (κ1) is 11.4. The minimum absolute atomic E-state index is 0.543. The van der Waals surface area contributed by atoms with Gasteiger partial charge in [0.25, 0.3) is 0 Å². The predicted molar refractivity (Wildman–Crippen MR) is 67.7 cm³/mol. The second kappa shape index (κ2) is 5.33. The Balaban J connectivity index is 2.12. The number of rotatable bonds is 3. The fraction of sp³-hybridized carbons (Fsp3) is 0.0769. The molecule has 0 bridgehead atoms. The van der Waals surface area contributed by atoms with Gasteiger partial charge in [-0.3, -0.25) is 4.98 Å². The van der Waals surface area contributed by atoms with E-state index in [1.165, 1.54) is 0 Å². The molecule has 1 heterocycles. The minimum atomic E-state index is 0.543. The molecule has 0 aliphatic heterocycles. The molecule has 4 heteroatoms. The minimum Gasteiger partial charge on any atom is -0.380 e. The van der Waals surface area contributed by atoms with Crippen LogP contribution in [0, 0.1) is 11.3 Å². The number of anilines is 1. The summed E-state index contributed by atoms with van der Waals surface area (Å²) < 4.78 is 0. The van der Waals surface area contributed by atoms with Crippen molar-refractivity contribution in [2.24, 2.45) is 0 Å². The van der Waals surface area contributed by atoms with Crippen LogP contribution in [-0.4, -0.2) is 4.98 Å². The first-order valence-electron chi connectivity index (χ1n) is 5.12. The first-order valence-corrected chi connectivity index (χ1v) is 5.50. The molecule has 17 heavy (non-hydrogen) atoms. The molecule has 3 nitrogen and oxygen atoms in total. The predicted octanol–water partition coefficient (Wildman–Crippen LogP) is 3.22. The Labute approximate surface area is 105 Å². The van der Waals surface area contributed by atoms with Crippen molar-refractivity contribution in [3.63, 3.8) is 0 Å². The SMILES string of the molecule is N#Cc1cc(Cl)ccc1NCc1cccnc1. The highest BCUT2D eigenvalue weighted by molar-refractivity contribution is 6.30. The molecule has 0 spiro atoms. The van der Waals surface area contributed by atoms with Crippen LogP contribution in [0.1, 0.15) is 11.1 Å². The Hall–Kier alpha value is -2.05. The van der Waals surface area contributed by atoms with Crippen molar-refractivity contribution in [1.29, 1.82) is 5.26 Å². The summed E-state index contributed by atoms with van der Waals surface area (Å²) in [7, 11) is 0. The van der Waals surface area contributed by atoms with E-state index < -0.39 is 0 Å². The molecular formula is C13H10ClN3. The van der Waals surface area contributed by atoms with Gasteiger partial charge in [0, 0.05) is 24.0 Å². The molecule has 0 radical (unpaired) electrons. The van der Waals surface area contributed by atoms with Gasteiger partial charge in [-0.15, -0.1) is 0 Å². The van der Waals surface area contributed by atoms with Crippen LogP contribution in [0.25, 0.3) is 0 Å². The van der Waals surface area contributed by atoms with Crippen LogP contribution in [0.2, 0.25) is 5.02 Å². The fourth-order valence-electron chi connectivity index (χ4n) is 1.46. The van der Waals surface area contributed by atoms with E-state index in [0.717, 1.165) is 11.3 Å². The molecule has 1 aromatic heterocycles. The summed E-state index contributed by atoms with van der Waals surface area (Å²) in [5.74, 6) is 0. The van der Waals surface area contributed by atoms with Crippen molar-refractivity contribution >= 4 is 17.3 Å². The quantitative estimate of drug-likeness (QED) is 0.901. The lowest BCUT2D eigenvalue weighted by molar-refractivity contribution is 1.11. The lowest BCUT2D eigenvalue weighted by Gasteiger charge is -2.08. The van der Waals surface area contributed by atoms with Crippen LogP contribution in [0.15, 0.2) is 42.7 Å². The maximum Gasteiger partial charge on any atom is 0.101 e. The highest BCUT2D eigenvalue weighted by atomic mass is 35.5.